The molecule has 0 spiro atoms. The van der Waals surface area contributed by atoms with Gasteiger partial charge >= 0.3 is 5.97 Å². The lowest BCUT2D eigenvalue weighted by atomic mass is 10.3. The average molecular weight is 190 g/mol. The predicted molar refractivity (Wildman–Crippen MR) is 50.9 cm³/mol. The number of ether oxygens (including phenoxy) is 1. The van der Waals surface area contributed by atoms with Gasteiger partial charge in [0.2, 0.25) is 0 Å². The molecule has 1 unspecified atom stereocenters. The van der Waals surface area contributed by atoms with E-state index in [1.165, 1.54) is 0 Å². The quantitative estimate of drug-likeness (QED) is 0.486. The van der Waals surface area contributed by atoms with Gasteiger partial charge in [-0.2, -0.15) is 0 Å². The van der Waals surface area contributed by atoms with Gasteiger partial charge in [0.15, 0.2) is 5.11 Å². The lowest BCUT2D eigenvalue weighted by molar-refractivity contribution is -0.144. The number of carbonyl (C=O) groups excluding carboxylic acids is 1. The molecule has 0 aromatic carbocycles. The fourth-order valence-electron chi connectivity index (χ4n) is 0.595. The van der Waals surface area contributed by atoms with Gasteiger partial charge in [-0.15, -0.1) is 0 Å². The van der Waals surface area contributed by atoms with Crippen LogP contribution >= 0.6 is 12.2 Å². The summed E-state index contributed by atoms with van der Waals surface area (Å²) in [6, 6.07) is -0.398. The second-order valence-electron chi connectivity index (χ2n) is 2.20. The highest BCUT2D eigenvalue weighted by Crippen LogP contribution is 1.87. The van der Waals surface area contributed by atoms with Crippen LogP contribution in [0.3, 0.4) is 0 Å². The summed E-state index contributed by atoms with van der Waals surface area (Å²) >= 11 is 4.80. The van der Waals surface area contributed by atoms with E-state index in [9.17, 15) is 4.79 Å². The van der Waals surface area contributed by atoms with E-state index in [2.05, 4.69) is 10.6 Å². The van der Waals surface area contributed by atoms with Crippen molar-refractivity contribution in [3.63, 3.8) is 0 Å². The molecule has 0 bridgehead atoms. The van der Waals surface area contributed by atoms with Crippen LogP contribution in [-0.4, -0.2) is 30.8 Å². The van der Waals surface area contributed by atoms with Gasteiger partial charge in [0.05, 0.1) is 6.61 Å². The molecular weight excluding hydrogens is 176 g/mol. The van der Waals surface area contributed by atoms with Crippen molar-refractivity contribution in [2.45, 2.75) is 19.9 Å². The monoisotopic (exact) mass is 190 g/mol. The minimum atomic E-state index is -0.398. The Morgan fingerprint density at radius 3 is 2.67 bits per heavy atom. The van der Waals surface area contributed by atoms with Crippen molar-refractivity contribution in [1.82, 2.24) is 10.6 Å². The third-order valence-electron chi connectivity index (χ3n) is 1.21. The Hall–Kier alpha value is -0.840. The van der Waals surface area contributed by atoms with Crippen LogP contribution < -0.4 is 10.6 Å². The first-order valence-corrected chi connectivity index (χ1v) is 4.17. The number of nitrogens with one attached hydrogen (secondary N) is 2. The van der Waals surface area contributed by atoms with E-state index >= 15 is 0 Å². The lowest BCUT2D eigenvalue weighted by Crippen LogP contribution is -2.43. The first-order chi connectivity index (χ1) is 5.61. The Labute approximate surface area is 77.7 Å². The van der Waals surface area contributed by atoms with Gasteiger partial charge in [-0.05, 0) is 26.1 Å². The van der Waals surface area contributed by atoms with Crippen LogP contribution in [0.2, 0.25) is 0 Å². The Morgan fingerprint density at radius 2 is 2.25 bits per heavy atom. The standard InChI is InChI=1S/C7H14N2O2S/c1-4-11-6(10)5(2)9-7(12)8-3/h5H,4H2,1-3H3,(H2,8,9,12). The van der Waals surface area contributed by atoms with Crippen molar-refractivity contribution in [2.75, 3.05) is 13.7 Å². The number of esters is 1. The van der Waals surface area contributed by atoms with Gasteiger partial charge < -0.3 is 15.4 Å². The zero-order valence-corrected chi connectivity index (χ0v) is 8.33. The number of carbonyl (C=O) groups is 1. The van der Waals surface area contributed by atoms with E-state index in [1.807, 2.05) is 0 Å². The third kappa shape index (κ3) is 4.12. The topological polar surface area (TPSA) is 50.4 Å². The van der Waals surface area contributed by atoms with Gasteiger partial charge in [0, 0.05) is 7.05 Å². The molecule has 70 valence electrons. The maximum Gasteiger partial charge on any atom is 0.328 e. The van der Waals surface area contributed by atoms with Crippen molar-refractivity contribution < 1.29 is 9.53 Å². The molecule has 0 aromatic rings. The molecule has 0 radical (unpaired) electrons. The van der Waals surface area contributed by atoms with Gasteiger partial charge in [0.1, 0.15) is 6.04 Å². The maximum atomic E-state index is 11.0. The molecule has 1 atom stereocenters. The number of hydrogen-bond acceptors (Lipinski definition) is 3. The number of rotatable bonds is 3. The van der Waals surface area contributed by atoms with Crippen LogP contribution in [0, 0.1) is 0 Å². The minimum absolute atomic E-state index is 0.296. The molecular formula is C7H14N2O2S. The molecule has 0 fully saturated rings. The first-order valence-electron chi connectivity index (χ1n) is 3.76. The maximum absolute atomic E-state index is 11.0. The summed E-state index contributed by atoms with van der Waals surface area (Å²) in [7, 11) is 1.69. The molecule has 0 saturated heterocycles. The molecule has 0 aliphatic heterocycles. The van der Waals surface area contributed by atoms with Crippen LogP contribution in [0.25, 0.3) is 0 Å². The van der Waals surface area contributed by atoms with E-state index in [1.54, 1.807) is 20.9 Å². The van der Waals surface area contributed by atoms with E-state index in [0.29, 0.717) is 11.7 Å². The van der Waals surface area contributed by atoms with Crippen LogP contribution in [0.5, 0.6) is 0 Å². The van der Waals surface area contributed by atoms with Crippen molar-refractivity contribution in [1.29, 1.82) is 0 Å². The zero-order valence-electron chi connectivity index (χ0n) is 7.51. The normalized spacial score (nSPS) is 11.6. The Balaban J connectivity index is 3.78. The van der Waals surface area contributed by atoms with Crippen molar-refractivity contribution in [3.8, 4) is 0 Å². The molecule has 5 heteroatoms. The number of hydrogen-bond donors (Lipinski definition) is 2. The fraction of sp³-hybridized carbons (Fsp3) is 0.714. The molecule has 0 rings (SSSR count). The van der Waals surface area contributed by atoms with Gasteiger partial charge in [-0.25, -0.2) is 4.79 Å². The predicted octanol–water partition coefficient (Wildman–Crippen LogP) is 0.0319. The summed E-state index contributed by atoms with van der Waals surface area (Å²) in [6.07, 6.45) is 0. The van der Waals surface area contributed by atoms with Gasteiger partial charge in [0.25, 0.3) is 0 Å². The van der Waals surface area contributed by atoms with Crippen LogP contribution in [0.15, 0.2) is 0 Å². The summed E-state index contributed by atoms with van der Waals surface area (Å²) < 4.78 is 4.76. The molecule has 4 nitrogen and oxygen atoms in total. The number of thiocarbonyl (C=S) groups is 1. The van der Waals surface area contributed by atoms with E-state index in [4.69, 9.17) is 17.0 Å². The van der Waals surface area contributed by atoms with Crippen LogP contribution in [0.1, 0.15) is 13.8 Å². The van der Waals surface area contributed by atoms with Crippen molar-refractivity contribution >= 4 is 23.3 Å². The second kappa shape index (κ2) is 5.77. The molecule has 2 N–H and O–H groups in total. The first kappa shape index (κ1) is 11.2. The molecule has 0 aliphatic rings. The SMILES string of the molecule is CCOC(=O)C(C)NC(=S)NC. The van der Waals surface area contributed by atoms with Gasteiger partial charge in [-0.3, -0.25) is 0 Å². The third-order valence-corrected chi connectivity index (χ3v) is 1.54. The highest BCUT2D eigenvalue weighted by Gasteiger charge is 2.13. The highest BCUT2D eigenvalue weighted by molar-refractivity contribution is 7.80. The lowest BCUT2D eigenvalue weighted by Gasteiger charge is -2.13. The second-order valence-corrected chi connectivity index (χ2v) is 2.61. The molecule has 0 heterocycles. The van der Waals surface area contributed by atoms with E-state index in [0.717, 1.165) is 0 Å². The minimum Gasteiger partial charge on any atom is -0.464 e. The smallest absolute Gasteiger partial charge is 0.328 e. The summed E-state index contributed by atoms with van der Waals surface area (Å²) in [5.74, 6) is -0.296. The van der Waals surface area contributed by atoms with Crippen LogP contribution in [0.4, 0.5) is 0 Å². The van der Waals surface area contributed by atoms with E-state index in [-0.39, 0.29) is 5.97 Å². The summed E-state index contributed by atoms with van der Waals surface area (Å²) in [5.41, 5.74) is 0. The Bertz CT molecular complexity index is 173. The summed E-state index contributed by atoms with van der Waals surface area (Å²) in [4.78, 5) is 11.0. The average Bonchev–Trinajstić information content (AvgIpc) is 2.04. The molecule has 12 heavy (non-hydrogen) atoms. The Morgan fingerprint density at radius 1 is 1.67 bits per heavy atom. The largest absolute Gasteiger partial charge is 0.464 e. The molecule has 0 saturated carbocycles. The summed E-state index contributed by atoms with van der Waals surface area (Å²) in [6.45, 7) is 3.85. The molecule has 0 aromatic heterocycles. The van der Waals surface area contributed by atoms with Crippen LogP contribution in [-0.2, 0) is 9.53 Å². The highest BCUT2D eigenvalue weighted by atomic mass is 32.1. The Kier molecular flexibility index (Phi) is 5.36. The van der Waals surface area contributed by atoms with E-state index < -0.39 is 6.04 Å². The molecule has 0 amide bonds. The zero-order chi connectivity index (χ0) is 9.56. The van der Waals surface area contributed by atoms with Gasteiger partial charge in [-0.1, -0.05) is 0 Å². The van der Waals surface area contributed by atoms with Crippen molar-refractivity contribution in [3.05, 3.63) is 0 Å². The van der Waals surface area contributed by atoms with Crippen molar-refractivity contribution in [2.24, 2.45) is 0 Å². The summed E-state index contributed by atoms with van der Waals surface area (Å²) in [5, 5.41) is 5.91. The molecule has 0 aliphatic carbocycles. The fourth-order valence-corrected chi connectivity index (χ4v) is 0.772.